The largest absolute Gasteiger partial charge is 0.325 e. The second-order valence-electron chi connectivity index (χ2n) is 5.88. The lowest BCUT2D eigenvalue weighted by atomic mass is 10.1. The number of rotatable bonds is 4. The molecule has 2 aromatic rings. The Labute approximate surface area is 140 Å². The lowest BCUT2D eigenvalue weighted by Gasteiger charge is -2.20. The van der Waals surface area contributed by atoms with Crippen molar-refractivity contribution in [2.24, 2.45) is 0 Å². The molecule has 2 aromatic carbocycles. The predicted octanol–water partition coefficient (Wildman–Crippen LogP) is 3.31. The molecule has 0 saturated heterocycles. The van der Waals surface area contributed by atoms with E-state index in [1.807, 2.05) is 12.1 Å². The number of para-hydroxylation sites is 1. The second-order valence-corrected chi connectivity index (χ2v) is 5.88. The minimum absolute atomic E-state index is 0.0604. The minimum atomic E-state index is -0.286. The van der Waals surface area contributed by atoms with Crippen LogP contribution in [0.3, 0.4) is 0 Å². The Morgan fingerprint density at radius 1 is 1.17 bits per heavy atom. The van der Waals surface area contributed by atoms with Crippen LogP contribution < -0.4 is 10.2 Å². The van der Waals surface area contributed by atoms with Crippen LogP contribution in [-0.2, 0) is 22.4 Å². The molecular weight excluding hydrogens is 307 g/mol. The van der Waals surface area contributed by atoms with Crippen LogP contribution in [0.25, 0.3) is 0 Å². The van der Waals surface area contributed by atoms with Crippen molar-refractivity contribution in [3.63, 3.8) is 0 Å². The molecule has 3 rings (SSSR count). The van der Waals surface area contributed by atoms with E-state index in [4.69, 9.17) is 0 Å². The summed E-state index contributed by atoms with van der Waals surface area (Å²) in [5.74, 6) is -0.519. The summed E-state index contributed by atoms with van der Waals surface area (Å²) in [4.78, 5) is 25.7. The van der Waals surface area contributed by atoms with Gasteiger partial charge in [0.05, 0.1) is 11.4 Å². The number of fused-ring (bicyclic) bond motifs is 1. The van der Waals surface area contributed by atoms with Crippen molar-refractivity contribution in [1.82, 2.24) is 0 Å². The summed E-state index contributed by atoms with van der Waals surface area (Å²) in [6.45, 7) is 2.03. The zero-order valence-corrected chi connectivity index (χ0v) is 13.5. The summed E-state index contributed by atoms with van der Waals surface area (Å²) in [6.07, 6.45) is 1.35. The molecule has 1 aliphatic rings. The Hall–Kier alpha value is -2.69. The zero-order chi connectivity index (χ0) is 17.1. The van der Waals surface area contributed by atoms with Crippen LogP contribution in [-0.4, -0.2) is 18.4 Å². The molecule has 5 heteroatoms. The Kier molecular flexibility index (Phi) is 4.60. The molecular formula is C19H19FN2O2. The van der Waals surface area contributed by atoms with E-state index in [0.717, 1.165) is 17.7 Å². The zero-order valence-electron chi connectivity index (χ0n) is 13.5. The third-order valence-corrected chi connectivity index (χ3v) is 4.17. The van der Waals surface area contributed by atoms with Gasteiger partial charge in [0.2, 0.25) is 11.8 Å². The van der Waals surface area contributed by atoms with Gasteiger partial charge in [0.15, 0.2) is 0 Å². The second kappa shape index (κ2) is 6.83. The maximum atomic E-state index is 13.7. The number of hydrogen-bond acceptors (Lipinski definition) is 2. The summed E-state index contributed by atoms with van der Waals surface area (Å²) in [5.41, 5.74) is 3.00. The number of benzene rings is 2. The van der Waals surface area contributed by atoms with Crippen molar-refractivity contribution in [2.75, 3.05) is 16.8 Å². The van der Waals surface area contributed by atoms with Gasteiger partial charge in [-0.3, -0.25) is 9.59 Å². The fraction of sp³-hybridized carbons (Fsp3) is 0.263. The Balaban J connectivity index is 1.77. The molecule has 2 amide bonds. The van der Waals surface area contributed by atoms with Crippen LogP contribution in [0.1, 0.15) is 24.5 Å². The summed E-state index contributed by atoms with van der Waals surface area (Å²) in [5, 5.41) is 2.78. The molecule has 1 aliphatic heterocycles. The highest BCUT2D eigenvalue weighted by Crippen LogP contribution is 2.36. The number of carbonyl (C=O) groups is 2. The van der Waals surface area contributed by atoms with E-state index in [0.29, 0.717) is 24.2 Å². The summed E-state index contributed by atoms with van der Waals surface area (Å²) < 4.78 is 13.7. The van der Waals surface area contributed by atoms with E-state index in [1.165, 1.54) is 13.0 Å². The summed E-state index contributed by atoms with van der Waals surface area (Å²) in [6, 6.07) is 12.1. The maximum absolute atomic E-state index is 13.7. The van der Waals surface area contributed by atoms with Crippen molar-refractivity contribution in [2.45, 2.75) is 26.2 Å². The van der Waals surface area contributed by atoms with Crippen LogP contribution in [0, 0.1) is 5.82 Å². The van der Waals surface area contributed by atoms with Crippen LogP contribution in [0.4, 0.5) is 15.8 Å². The van der Waals surface area contributed by atoms with Gasteiger partial charge in [0, 0.05) is 19.9 Å². The third kappa shape index (κ3) is 3.30. The highest BCUT2D eigenvalue weighted by atomic mass is 19.1. The van der Waals surface area contributed by atoms with Crippen molar-refractivity contribution in [3.05, 3.63) is 59.4 Å². The van der Waals surface area contributed by atoms with E-state index < -0.39 is 0 Å². The smallest absolute Gasteiger partial charge is 0.227 e. The molecule has 4 nitrogen and oxygen atoms in total. The number of nitrogens with one attached hydrogen (secondary N) is 1. The first-order valence-corrected chi connectivity index (χ1v) is 7.99. The number of halogens is 1. The highest BCUT2D eigenvalue weighted by Gasteiger charge is 2.27. The topological polar surface area (TPSA) is 49.4 Å². The highest BCUT2D eigenvalue weighted by molar-refractivity contribution is 6.02. The Morgan fingerprint density at radius 2 is 1.96 bits per heavy atom. The normalized spacial score (nSPS) is 12.8. The molecule has 0 aromatic heterocycles. The van der Waals surface area contributed by atoms with Crippen LogP contribution in [0.5, 0.6) is 0 Å². The van der Waals surface area contributed by atoms with Gasteiger partial charge in [-0.1, -0.05) is 30.3 Å². The molecule has 0 atom stereocenters. The van der Waals surface area contributed by atoms with Gasteiger partial charge in [0.1, 0.15) is 5.82 Å². The van der Waals surface area contributed by atoms with E-state index >= 15 is 0 Å². The predicted molar refractivity (Wildman–Crippen MR) is 91.5 cm³/mol. The molecule has 124 valence electrons. The van der Waals surface area contributed by atoms with E-state index in [-0.39, 0.29) is 24.1 Å². The number of hydrogen-bond donors (Lipinski definition) is 1. The Bertz CT molecular complexity index is 789. The number of carbonyl (C=O) groups excluding carboxylic acids is 2. The molecule has 0 aliphatic carbocycles. The van der Waals surface area contributed by atoms with Crippen molar-refractivity contribution < 1.29 is 14.0 Å². The SMILES string of the molecule is CC(=O)Nc1cccc2c1N(C(=O)CCc1ccccc1F)CC2. The molecule has 1 heterocycles. The lowest BCUT2D eigenvalue weighted by molar-refractivity contribution is -0.118. The van der Waals surface area contributed by atoms with Gasteiger partial charge < -0.3 is 10.2 Å². The quantitative estimate of drug-likeness (QED) is 0.937. The standard InChI is InChI=1S/C19H19FN2O2/c1-13(23)21-17-8-4-6-15-11-12-22(19(15)17)18(24)10-9-14-5-2-3-7-16(14)20/h2-8H,9-12H2,1H3,(H,21,23). The molecule has 0 spiro atoms. The van der Waals surface area contributed by atoms with Gasteiger partial charge in [-0.15, -0.1) is 0 Å². The summed E-state index contributed by atoms with van der Waals surface area (Å²) >= 11 is 0. The van der Waals surface area contributed by atoms with Gasteiger partial charge >= 0.3 is 0 Å². The minimum Gasteiger partial charge on any atom is -0.325 e. The molecule has 24 heavy (non-hydrogen) atoms. The number of amides is 2. The fourth-order valence-corrected chi connectivity index (χ4v) is 3.07. The molecule has 1 N–H and O–H groups in total. The lowest BCUT2D eigenvalue weighted by Crippen LogP contribution is -2.30. The van der Waals surface area contributed by atoms with Gasteiger partial charge in [0.25, 0.3) is 0 Å². The Morgan fingerprint density at radius 3 is 2.71 bits per heavy atom. The molecule has 0 unspecified atom stereocenters. The first-order chi connectivity index (χ1) is 11.6. The van der Waals surface area contributed by atoms with E-state index in [1.54, 1.807) is 29.2 Å². The molecule has 0 radical (unpaired) electrons. The van der Waals surface area contributed by atoms with Crippen LogP contribution in [0.15, 0.2) is 42.5 Å². The monoisotopic (exact) mass is 326 g/mol. The fourth-order valence-electron chi connectivity index (χ4n) is 3.07. The van der Waals surface area contributed by atoms with Crippen LogP contribution >= 0.6 is 0 Å². The van der Waals surface area contributed by atoms with Gasteiger partial charge in [-0.2, -0.15) is 0 Å². The van der Waals surface area contributed by atoms with Gasteiger partial charge in [-0.05, 0) is 36.1 Å². The van der Waals surface area contributed by atoms with Crippen molar-refractivity contribution >= 4 is 23.2 Å². The van der Waals surface area contributed by atoms with Gasteiger partial charge in [-0.25, -0.2) is 4.39 Å². The number of nitrogens with zero attached hydrogens (tertiary/aromatic N) is 1. The summed E-state index contributed by atoms with van der Waals surface area (Å²) in [7, 11) is 0. The number of aryl methyl sites for hydroxylation is 1. The maximum Gasteiger partial charge on any atom is 0.227 e. The number of anilines is 2. The van der Waals surface area contributed by atoms with E-state index in [2.05, 4.69) is 5.32 Å². The first-order valence-electron chi connectivity index (χ1n) is 7.99. The molecule has 0 bridgehead atoms. The van der Waals surface area contributed by atoms with Crippen LogP contribution in [0.2, 0.25) is 0 Å². The third-order valence-electron chi connectivity index (χ3n) is 4.17. The van der Waals surface area contributed by atoms with Crippen molar-refractivity contribution in [1.29, 1.82) is 0 Å². The molecule has 0 fully saturated rings. The average Bonchev–Trinajstić information content (AvgIpc) is 2.98. The molecule has 0 saturated carbocycles. The van der Waals surface area contributed by atoms with E-state index in [9.17, 15) is 14.0 Å². The van der Waals surface area contributed by atoms with Crippen molar-refractivity contribution in [3.8, 4) is 0 Å². The average molecular weight is 326 g/mol. The first kappa shape index (κ1) is 16.2.